The Kier molecular flexibility index (Phi) is 4.61. The molecule has 0 aliphatic carbocycles. The molecule has 2 amide bonds. The van der Waals surface area contributed by atoms with E-state index in [-0.39, 0.29) is 12.1 Å². The predicted octanol–water partition coefficient (Wildman–Crippen LogP) is 2.92. The highest BCUT2D eigenvalue weighted by Crippen LogP contribution is 2.38. The standard InChI is InChI=1S/C15H18N4O3S/c1-21-10-5-6-11(13(8-10)22-2)12-4-3-7-19(12)15(20)17-14-9-16-18-23-14/h5-6,8-9,12H,3-4,7H2,1-2H3,(H,17,20). The number of hydrogen-bond acceptors (Lipinski definition) is 6. The van der Waals surface area contributed by atoms with E-state index in [9.17, 15) is 4.79 Å². The van der Waals surface area contributed by atoms with Gasteiger partial charge in [0.15, 0.2) is 0 Å². The highest BCUT2D eigenvalue weighted by molar-refractivity contribution is 7.10. The first-order chi connectivity index (χ1) is 11.2. The van der Waals surface area contributed by atoms with Gasteiger partial charge in [-0.1, -0.05) is 4.49 Å². The smallest absolute Gasteiger partial charge is 0.323 e. The maximum atomic E-state index is 12.5. The van der Waals surface area contributed by atoms with Crippen molar-refractivity contribution < 1.29 is 14.3 Å². The molecule has 1 unspecified atom stereocenters. The molecule has 2 aromatic rings. The number of hydrogen-bond donors (Lipinski definition) is 1. The van der Waals surface area contributed by atoms with Crippen molar-refractivity contribution in [3.63, 3.8) is 0 Å². The van der Waals surface area contributed by atoms with E-state index in [1.54, 1.807) is 20.4 Å². The lowest BCUT2D eigenvalue weighted by molar-refractivity contribution is 0.206. The van der Waals surface area contributed by atoms with Gasteiger partial charge in [-0.15, -0.1) is 5.10 Å². The van der Waals surface area contributed by atoms with Crippen LogP contribution in [0.25, 0.3) is 0 Å². The van der Waals surface area contributed by atoms with E-state index in [1.807, 2.05) is 23.1 Å². The molecule has 1 aliphatic heterocycles. The molecule has 8 heteroatoms. The molecule has 1 fully saturated rings. The number of ether oxygens (including phenoxy) is 2. The largest absolute Gasteiger partial charge is 0.497 e. The number of benzene rings is 1. The van der Waals surface area contributed by atoms with Crippen LogP contribution in [0.4, 0.5) is 9.80 Å². The van der Waals surface area contributed by atoms with E-state index < -0.39 is 0 Å². The van der Waals surface area contributed by atoms with Gasteiger partial charge in [-0.25, -0.2) is 4.79 Å². The molecule has 1 aromatic carbocycles. The molecule has 2 heterocycles. The highest BCUT2D eigenvalue weighted by atomic mass is 32.1. The number of methoxy groups -OCH3 is 2. The van der Waals surface area contributed by atoms with Crippen LogP contribution in [0.3, 0.4) is 0 Å². The third kappa shape index (κ3) is 3.21. The first-order valence-electron chi connectivity index (χ1n) is 7.30. The zero-order valence-electron chi connectivity index (χ0n) is 13.0. The quantitative estimate of drug-likeness (QED) is 0.930. The van der Waals surface area contributed by atoms with Crippen molar-refractivity contribution in [1.82, 2.24) is 14.5 Å². The number of aromatic nitrogens is 2. The minimum Gasteiger partial charge on any atom is -0.497 e. The van der Waals surface area contributed by atoms with Crippen molar-refractivity contribution in [3.8, 4) is 11.5 Å². The summed E-state index contributed by atoms with van der Waals surface area (Å²) in [5.74, 6) is 1.46. The zero-order valence-corrected chi connectivity index (χ0v) is 13.8. The number of anilines is 1. The molecule has 0 bridgehead atoms. The summed E-state index contributed by atoms with van der Waals surface area (Å²) in [6, 6.07) is 5.53. The first-order valence-corrected chi connectivity index (χ1v) is 8.07. The summed E-state index contributed by atoms with van der Waals surface area (Å²) >= 11 is 1.16. The summed E-state index contributed by atoms with van der Waals surface area (Å²) in [6.07, 6.45) is 3.40. The van der Waals surface area contributed by atoms with Crippen molar-refractivity contribution in [2.24, 2.45) is 0 Å². The summed E-state index contributed by atoms with van der Waals surface area (Å²) in [7, 11) is 3.24. The SMILES string of the molecule is COc1ccc(C2CCCN2C(=O)Nc2cnns2)c(OC)c1. The molecule has 122 valence electrons. The molecule has 1 N–H and O–H groups in total. The summed E-state index contributed by atoms with van der Waals surface area (Å²) in [5.41, 5.74) is 0.989. The molecule has 0 saturated carbocycles. The van der Waals surface area contributed by atoms with Gasteiger partial charge in [-0.3, -0.25) is 5.32 Å². The molecule has 1 atom stereocenters. The van der Waals surface area contributed by atoms with Crippen molar-refractivity contribution in [2.45, 2.75) is 18.9 Å². The summed E-state index contributed by atoms with van der Waals surface area (Å²) in [6.45, 7) is 0.706. The monoisotopic (exact) mass is 334 g/mol. The molecular weight excluding hydrogens is 316 g/mol. The average Bonchev–Trinajstić information content (AvgIpc) is 3.25. The Balaban J connectivity index is 1.82. The van der Waals surface area contributed by atoms with Gasteiger partial charge in [0.25, 0.3) is 0 Å². The Morgan fingerprint density at radius 3 is 2.96 bits per heavy atom. The van der Waals surface area contributed by atoms with Crippen molar-refractivity contribution in [1.29, 1.82) is 0 Å². The fraction of sp³-hybridized carbons (Fsp3) is 0.400. The predicted molar refractivity (Wildman–Crippen MR) is 87.2 cm³/mol. The van der Waals surface area contributed by atoms with Crippen molar-refractivity contribution in [3.05, 3.63) is 30.0 Å². The molecule has 23 heavy (non-hydrogen) atoms. The zero-order chi connectivity index (χ0) is 16.2. The highest BCUT2D eigenvalue weighted by Gasteiger charge is 2.32. The third-order valence-corrected chi connectivity index (χ3v) is 4.48. The Hall–Kier alpha value is -2.35. The molecular formula is C15H18N4O3S. The fourth-order valence-corrected chi connectivity index (χ4v) is 3.24. The average molecular weight is 334 g/mol. The molecule has 1 aliphatic rings. The summed E-state index contributed by atoms with van der Waals surface area (Å²) in [5, 5.41) is 7.21. The number of amides is 2. The van der Waals surface area contributed by atoms with Crippen LogP contribution < -0.4 is 14.8 Å². The molecule has 0 spiro atoms. The van der Waals surface area contributed by atoms with Gasteiger partial charge in [-0.05, 0) is 25.0 Å². The van der Waals surface area contributed by atoms with Crippen LogP contribution in [-0.4, -0.2) is 41.3 Å². The summed E-state index contributed by atoms with van der Waals surface area (Å²) < 4.78 is 14.5. The molecule has 7 nitrogen and oxygen atoms in total. The van der Waals surface area contributed by atoms with E-state index in [0.29, 0.717) is 11.5 Å². The second kappa shape index (κ2) is 6.82. The van der Waals surface area contributed by atoms with Gasteiger partial charge < -0.3 is 14.4 Å². The van der Waals surface area contributed by atoms with E-state index in [4.69, 9.17) is 9.47 Å². The van der Waals surface area contributed by atoms with Gasteiger partial charge >= 0.3 is 6.03 Å². The number of nitrogens with zero attached hydrogens (tertiary/aromatic N) is 3. The van der Waals surface area contributed by atoms with Gasteiger partial charge in [0.2, 0.25) is 0 Å². The van der Waals surface area contributed by atoms with E-state index >= 15 is 0 Å². The number of likely N-dealkylation sites (tertiary alicyclic amines) is 1. The molecule has 1 saturated heterocycles. The number of carbonyl (C=O) groups is 1. The summed E-state index contributed by atoms with van der Waals surface area (Å²) in [4.78, 5) is 14.3. The van der Waals surface area contributed by atoms with Crippen LogP contribution in [-0.2, 0) is 0 Å². The fourth-order valence-electron chi connectivity index (χ4n) is 2.83. The van der Waals surface area contributed by atoms with Crippen LogP contribution in [0.1, 0.15) is 24.4 Å². The Labute approximate surface area is 138 Å². The van der Waals surface area contributed by atoms with Crippen LogP contribution in [0.5, 0.6) is 11.5 Å². The minimum absolute atomic E-state index is 0.0169. The lowest BCUT2D eigenvalue weighted by Crippen LogP contribution is -2.34. The van der Waals surface area contributed by atoms with Crippen molar-refractivity contribution in [2.75, 3.05) is 26.1 Å². The topological polar surface area (TPSA) is 76.6 Å². The van der Waals surface area contributed by atoms with Gasteiger partial charge in [0.1, 0.15) is 16.5 Å². The van der Waals surface area contributed by atoms with E-state index in [2.05, 4.69) is 14.9 Å². The Morgan fingerprint density at radius 1 is 1.39 bits per heavy atom. The minimum atomic E-state index is -0.142. The normalized spacial score (nSPS) is 17.1. The van der Waals surface area contributed by atoms with Crippen molar-refractivity contribution >= 4 is 22.6 Å². The Bertz CT molecular complexity index is 677. The number of carbonyl (C=O) groups excluding carboxylic acids is 1. The third-order valence-electron chi connectivity index (χ3n) is 3.90. The van der Waals surface area contributed by atoms with E-state index in [1.165, 1.54) is 0 Å². The van der Waals surface area contributed by atoms with Gasteiger partial charge in [0.05, 0.1) is 26.5 Å². The first kappa shape index (κ1) is 15.5. The van der Waals surface area contributed by atoms with Crippen LogP contribution >= 0.6 is 11.5 Å². The second-order valence-corrected chi connectivity index (χ2v) is 5.96. The maximum Gasteiger partial charge on any atom is 0.323 e. The van der Waals surface area contributed by atoms with Crippen LogP contribution in [0.2, 0.25) is 0 Å². The lowest BCUT2D eigenvalue weighted by atomic mass is 10.0. The molecule has 0 radical (unpaired) electrons. The lowest BCUT2D eigenvalue weighted by Gasteiger charge is -2.26. The van der Waals surface area contributed by atoms with E-state index in [0.717, 1.165) is 41.4 Å². The number of nitrogens with one attached hydrogen (secondary N) is 1. The number of rotatable bonds is 4. The Morgan fingerprint density at radius 2 is 2.26 bits per heavy atom. The van der Waals surface area contributed by atoms with Gasteiger partial charge in [-0.2, -0.15) is 0 Å². The van der Waals surface area contributed by atoms with Crippen LogP contribution in [0.15, 0.2) is 24.4 Å². The number of urea groups is 1. The van der Waals surface area contributed by atoms with Crippen LogP contribution in [0, 0.1) is 0 Å². The second-order valence-electron chi connectivity index (χ2n) is 5.17. The molecule has 3 rings (SSSR count). The maximum absolute atomic E-state index is 12.5. The molecule has 1 aromatic heterocycles. The van der Waals surface area contributed by atoms with Gasteiger partial charge in [0, 0.05) is 29.7 Å².